The van der Waals surface area contributed by atoms with E-state index in [1.165, 1.54) is 0 Å². The van der Waals surface area contributed by atoms with E-state index in [-0.39, 0.29) is 0 Å². The van der Waals surface area contributed by atoms with Crippen molar-refractivity contribution < 1.29 is 72.1 Å². The molecule has 2 fully saturated rings. The summed E-state index contributed by atoms with van der Waals surface area (Å²) < 4.78 is 49.2. The molecular weight excluding hydrogens is 580 g/mol. The van der Waals surface area contributed by atoms with Crippen LogP contribution in [0.4, 0.5) is 0 Å². The van der Waals surface area contributed by atoms with Gasteiger partial charge in [0.25, 0.3) is 5.56 Å². The Morgan fingerprint density at radius 2 is 1.69 bits per heavy atom. The van der Waals surface area contributed by atoms with Crippen LogP contribution in [0.15, 0.2) is 21.9 Å². The summed E-state index contributed by atoms with van der Waals surface area (Å²) in [6, 6.07) is -0.766. The molecule has 1 aromatic heterocycles. The molecule has 2 unspecified atom stereocenters. The minimum Gasteiger partial charge on any atom is -0.394 e. The minimum absolute atomic E-state index is 0.723. The van der Waals surface area contributed by atoms with E-state index in [4.69, 9.17) is 9.47 Å². The molecule has 9 N–H and O–H groups in total. The first kappa shape index (κ1) is 31.7. The zero-order chi connectivity index (χ0) is 29.3. The number of phosphoric acid groups is 2. The molecule has 0 bridgehead atoms. The van der Waals surface area contributed by atoms with E-state index in [0.29, 0.717) is 0 Å². The lowest BCUT2D eigenvalue weighted by Gasteiger charge is -2.42. The number of nitrogens with zero attached hydrogens (tertiary/aromatic N) is 1. The maximum absolute atomic E-state index is 12.4. The molecule has 222 valence electrons. The highest BCUT2D eigenvalue weighted by Crippen LogP contribution is 2.61. The predicted molar refractivity (Wildman–Crippen MR) is 120 cm³/mol. The van der Waals surface area contributed by atoms with E-state index in [0.717, 1.165) is 23.8 Å². The third-order valence-corrected chi connectivity index (χ3v) is 8.16. The molecule has 22 heteroatoms. The zero-order valence-electron chi connectivity index (χ0n) is 19.8. The fourth-order valence-electron chi connectivity index (χ4n) is 3.76. The number of rotatable bonds is 10. The van der Waals surface area contributed by atoms with E-state index >= 15 is 0 Å². The molecule has 1 aromatic rings. The lowest BCUT2D eigenvalue weighted by molar-refractivity contribution is -0.247. The van der Waals surface area contributed by atoms with Crippen LogP contribution < -0.4 is 16.6 Å². The number of hydrogen-bond acceptors (Lipinski definition) is 15. The fraction of sp³-hybridized carbons (Fsp3) is 0.706. The molecule has 20 nitrogen and oxygen atoms in total. The van der Waals surface area contributed by atoms with E-state index in [2.05, 4.69) is 18.7 Å². The summed E-state index contributed by atoms with van der Waals surface area (Å²) in [7, 11) is -11.1. The third-order valence-electron chi connectivity index (χ3n) is 5.56. The molecule has 2 saturated heterocycles. The van der Waals surface area contributed by atoms with Gasteiger partial charge in [0, 0.05) is 19.2 Å². The quantitative estimate of drug-likeness (QED) is 0.113. The van der Waals surface area contributed by atoms with Gasteiger partial charge in [-0.25, -0.2) is 13.9 Å². The van der Waals surface area contributed by atoms with Crippen molar-refractivity contribution in [1.29, 1.82) is 0 Å². The van der Waals surface area contributed by atoms with E-state index in [1.54, 1.807) is 0 Å². The van der Waals surface area contributed by atoms with Gasteiger partial charge in [-0.15, -0.1) is 0 Å². The van der Waals surface area contributed by atoms with Gasteiger partial charge in [-0.05, 0) is 0 Å². The molecule has 3 heterocycles. The van der Waals surface area contributed by atoms with Crippen molar-refractivity contribution in [3.8, 4) is 0 Å². The summed E-state index contributed by atoms with van der Waals surface area (Å²) in [5.41, 5.74) is -1.75. The lowest BCUT2D eigenvalue weighted by atomic mass is 9.97. The summed E-state index contributed by atoms with van der Waals surface area (Å²) in [6.45, 7) is -0.940. The Hall–Kier alpha value is -1.87. The number of H-pyrrole nitrogens is 1. The van der Waals surface area contributed by atoms with Gasteiger partial charge in [-0.1, -0.05) is 0 Å². The van der Waals surface area contributed by atoms with Crippen LogP contribution in [0.5, 0.6) is 0 Å². The smallest absolute Gasteiger partial charge is 0.394 e. The molecular formula is C17H27N3O17P2. The van der Waals surface area contributed by atoms with E-state index in [9.17, 15) is 58.8 Å². The SMILES string of the molecule is CC(=O)N[C@@H]1[C@H](OP(=O)(O)OP(=O)(O)OC[C@@H]2O[C@@H](n3ccc(=O)[nH]c3=O)[C@H](O)[C@H]2O)O[C@@H](CO)[C@H](O)[C@H]1O. The highest BCUT2D eigenvalue weighted by molar-refractivity contribution is 7.61. The van der Waals surface area contributed by atoms with Crippen molar-refractivity contribution in [3.05, 3.63) is 33.1 Å². The first-order chi connectivity index (χ1) is 18.0. The molecule has 2 aliphatic heterocycles. The third kappa shape index (κ3) is 7.66. The van der Waals surface area contributed by atoms with Gasteiger partial charge in [0.05, 0.1) is 13.2 Å². The number of aliphatic hydroxyl groups is 5. The van der Waals surface area contributed by atoms with Crippen LogP contribution in [0.25, 0.3) is 0 Å². The second-order valence-electron chi connectivity index (χ2n) is 8.42. The number of carbonyl (C=O) groups is 1. The van der Waals surface area contributed by atoms with Crippen LogP contribution >= 0.6 is 15.6 Å². The minimum atomic E-state index is -5.63. The van der Waals surface area contributed by atoms with Crippen molar-refractivity contribution in [2.24, 2.45) is 0 Å². The van der Waals surface area contributed by atoms with E-state index in [1.807, 2.05) is 4.98 Å². The standard InChI is InChI=1S/C17H27N3O17P2/c1-6(22)18-10-13(26)11(24)7(4-21)35-16(10)36-39(31,32)37-38(29,30)33-5-8-12(25)14(27)15(34-8)20-3-2-9(23)19-17(20)28/h2-3,7-8,10-16,21,24-27H,4-5H2,1H3,(H,18,22)(H,29,30)(H,31,32)(H,19,23,28)/t7-,8-,10-,11-,12-,13-,14+,15+,16-/m0/s1. The van der Waals surface area contributed by atoms with Gasteiger partial charge in [-0.2, -0.15) is 4.31 Å². The molecule has 11 atom stereocenters. The Labute approximate surface area is 217 Å². The summed E-state index contributed by atoms with van der Waals surface area (Å²) in [5, 5.41) is 51.9. The number of aromatic nitrogens is 2. The topological polar surface area (TPSA) is 306 Å². The van der Waals surface area contributed by atoms with Crippen LogP contribution in [0.1, 0.15) is 13.2 Å². The molecule has 1 amide bonds. The van der Waals surface area contributed by atoms with Crippen molar-refractivity contribution >= 4 is 21.6 Å². The highest BCUT2D eigenvalue weighted by atomic mass is 31.3. The van der Waals surface area contributed by atoms with Gasteiger partial charge in [0.2, 0.25) is 5.91 Å². The van der Waals surface area contributed by atoms with Gasteiger partial charge < -0.3 is 50.1 Å². The number of phosphoric ester groups is 2. The first-order valence-electron chi connectivity index (χ1n) is 11.0. The second-order valence-corrected chi connectivity index (χ2v) is 11.4. The Kier molecular flexibility index (Phi) is 10.0. The molecule has 0 spiro atoms. The zero-order valence-corrected chi connectivity index (χ0v) is 21.6. The van der Waals surface area contributed by atoms with Gasteiger partial charge in [0.15, 0.2) is 12.5 Å². The van der Waals surface area contributed by atoms with Crippen LogP contribution in [0.3, 0.4) is 0 Å². The summed E-state index contributed by atoms with van der Waals surface area (Å²) in [6.07, 6.45) is -13.0. The average Bonchev–Trinajstić information content (AvgIpc) is 3.10. The fourth-order valence-corrected chi connectivity index (χ4v) is 5.92. The molecule has 0 saturated carbocycles. The molecule has 0 radical (unpaired) electrons. The van der Waals surface area contributed by atoms with Crippen molar-refractivity contribution in [3.63, 3.8) is 0 Å². The van der Waals surface area contributed by atoms with Crippen LogP contribution in [-0.4, -0.2) is 113 Å². The Bertz CT molecular complexity index is 1240. The Morgan fingerprint density at radius 1 is 1.05 bits per heavy atom. The maximum Gasteiger partial charge on any atom is 0.483 e. The first-order valence-corrected chi connectivity index (χ1v) is 14.0. The van der Waals surface area contributed by atoms with Gasteiger partial charge >= 0.3 is 21.3 Å². The van der Waals surface area contributed by atoms with Crippen LogP contribution in [-0.2, 0) is 36.8 Å². The average molecular weight is 607 g/mol. The van der Waals surface area contributed by atoms with Crippen molar-refractivity contribution in [2.75, 3.05) is 13.2 Å². The largest absolute Gasteiger partial charge is 0.483 e. The summed E-state index contributed by atoms with van der Waals surface area (Å²) in [5.74, 6) is -0.796. The number of nitrogens with one attached hydrogen (secondary N) is 2. The number of carbonyl (C=O) groups excluding carboxylic acids is 1. The molecule has 3 rings (SSSR count). The molecule has 0 aromatic carbocycles. The predicted octanol–water partition coefficient (Wildman–Crippen LogP) is -4.65. The maximum atomic E-state index is 12.4. The van der Waals surface area contributed by atoms with Crippen LogP contribution in [0, 0.1) is 0 Å². The highest BCUT2D eigenvalue weighted by Gasteiger charge is 2.50. The van der Waals surface area contributed by atoms with Gasteiger partial charge in [-0.3, -0.25) is 28.2 Å². The number of ether oxygens (including phenoxy) is 2. The number of aliphatic hydroxyl groups excluding tert-OH is 5. The number of amides is 1. The van der Waals surface area contributed by atoms with Gasteiger partial charge in [0.1, 0.15) is 42.7 Å². The molecule has 2 aliphatic rings. The Morgan fingerprint density at radius 3 is 2.28 bits per heavy atom. The van der Waals surface area contributed by atoms with Crippen molar-refractivity contribution in [2.45, 2.75) is 62.1 Å². The monoisotopic (exact) mass is 607 g/mol. The Balaban J connectivity index is 1.66. The lowest BCUT2D eigenvalue weighted by Crippen LogP contribution is -2.64. The van der Waals surface area contributed by atoms with E-state index < -0.39 is 101 Å². The second kappa shape index (κ2) is 12.3. The normalized spacial score (nSPS) is 36.2. The molecule has 39 heavy (non-hydrogen) atoms. The number of hydrogen-bond donors (Lipinski definition) is 9. The number of aromatic amines is 1. The summed E-state index contributed by atoms with van der Waals surface area (Å²) >= 11 is 0. The molecule has 0 aliphatic carbocycles. The summed E-state index contributed by atoms with van der Waals surface area (Å²) in [4.78, 5) is 56.4. The van der Waals surface area contributed by atoms with Crippen LogP contribution in [0.2, 0.25) is 0 Å². The van der Waals surface area contributed by atoms with Crippen molar-refractivity contribution in [1.82, 2.24) is 14.9 Å².